The van der Waals surface area contributed by atoms with Crippen molar-refractivity contribution < 1.29 is 23.8 Å². The lowest BCUT2D eigenvalue weighted by Crippen LogP contribution is -2.37. The maximum atomic E-state index is 13.7. The highest BCUT2D eigenvalue weighted by atomic mass is 16.5. The number of piperidine rings is 1. The Hall–Kier alpha value is -3.48. The first kappa shape index (κ1) is 21.7. The SMILES string of the molecule is CCOc1ccc(C2=C(N3CCCCC3)C(=O)N(c3ccc(OC)cc3OC)C2=O)cc1. The van der Waals surface area contributed by atoms with Gasteiger partial charge in [0.1, 0.15) is 22.9 Å². The summed E-state index contributed by atoms with van der Waals surface area (Å²) in [5.74, 6) is 1.02. The number of hydrogen-bond donors (Lipinski definition) is 0. The number of likely N-dealkylation sites (tertiary alicyclic amines) is 1. The van der Waals surface area contributed by atoms with Gasteiger partial charge in [0.2, 0.25) is 0 Å². The van der Waals surface area contributed by atoms with Gasteiger partial charge < -0.3 is 19.1 Å². The molecule has 2 aromatic rings. The van der Waals surface area contributed by atoms with Crippen molar-refractivity contribution in [3.8, 4) is 17.2 Å². The fraction of sp³-hybridized carbons (Fsp3) is 0.360. The first-order valence-corrected chi connectivity index (χ1v) is 10.9. The van der Waals surface area contributed by atoms with E-state index in [0.717, 1.165) is 38.1 Å². The molecular weight excluding hydrogens is 408 g/mol. The molecule has 2 amide bonds. The number of ether oxygens (including phenoxy) is 3. The van der Waals surface area contributed by atoms with Crippen molar-refractivity contribution in [1.29, 1.82) is 0 Å². The Kier molecular flexibility index (Phi) is 6.35. The van der Waals surface area contributed by atoms with Crippen molar-refractivity contribution in [3.05, 3.63) is 53.7 Å². The zero-order chi connectivity index (χ0) is 22.7. The molecule has 0 radical (unpaired) electrons. The van der Waals surface area contributed by atoms with E-state index in [1.807, 2.05) is 36.1 Å². The number of hydrogen-bond acceptors (Lipinski definition) is 6. The van der Waals surface area contributed by atoms with E-state index in [1.54, 1.807) is 25.3 Å². The number of anilines is 1. The predicted octanol–water partition coefficient (Wildman–Crippen LogP) is 3.87. The van der Waals surface area contributed by atoms with Gasteiger partial charge in [0.25, 0.3) is 11.8 Å². The fourth-order valence-corrected chi connectivity index (χ4v) is 4.26. The van der Waals surface area contributed by atoms with Gasteiger partial charge in [0.05, 0.1) is 32.1 Å². The average Bonchev–Trinajstić information content (AvgIpc) is 3.09. The van der Waals surface area contributed by atoms with E-state index in [4.69, 9.17) is 14.2 Å². The maximum Gasteiger partial charge on any atom is 0.282 e. The summed E-state index contributed by atoms with van der Waals surface area (Å²) in [6, 6.07) is 12.4. The Bertz CT molecular complexity index is 1040. The second kappa shape index (κ2) is 9.34. The minimum atomic E-state index is -0.358. The van der Waals surface area contributed by atoms with E-state index in [9.17, 15) is 9.59 Å². The van der Waals surface area contributed by atoms with Gasteiger partial charge in [-0.3, -0.25) is 9.59 Å². The first-order valence-electron chi connectivity index (χ1n) is 10.9. The number of nitrogens with zero attached hydrogens (tertiary/aromatic N) is 2. The topological polar surface area (TPSA) is 68.3 Å². The van der Waals surface area contributed by atoms with Gasteiger partial charge in [0.15, 0.2) is 0 Å². The summed E-state index contributed by atoms with van der Waals surface area (Å²) in [6.45, 7) is 3.98. The van der Waals surface area contributed by atoms with E-state index < -0.39 is 0 Å². The highest BCUT2D eigenvalue weighted by Gasteiger charge is 2.43. The Labute approximate surface area is 188 Å². The van der Waals surface area contributed by atoms with Crippen molar-refractivity contribution >= 4 is 23.1 Å². The quantitative estimate of drug-likeness (QED) is 0.614. The van der Waals surface area contributed by atoms with Crippen LogP contribution in [0.5, 0.6) is 17.2 Å². The molecule has 2 aliphatic rings. The van der Waals surface area contributed by atoms with Crippen molar-refractivity contribution in [2.45, 2.75) is 26.2 Å². The van der Waals surface area contributed by atoms with Crippen LogP contribution in [0.15, 0.2) is 48.2 Å². The summed E-state index contributed by atoms with van der Waals surface area (Å²) in [6.07, 6.45) is 3.11. The third kappa shape index (κ3) is 3.90. The molecule has 0 atom stereocenters. The Morgan fingerprint density at radius 3 is 2.16 bits per heavy atom. The summed E-state index contributed by atoms with van der Waals surface area (Å²) in [7, 11) is 3.07. The number of carbonyl (C=O) groups excluding carboxylic acids is 2. The molecule has 7 nitrogen and oxygen atoms in total. The minimum absolute atomic E-state index is 0.329. The van der Waals surface area contributed by atoms with E-state index in [-0.39, 0.29) is 11.8 Å². The van der Waals surface area contributed by atoms with Crippen molar-refractivity contribution in [2.24, 2.45) is 0 Å². The number of benzene rings is 2. The second-order valence-corrected chi connectivity index (χ2v) is 7.71. The monoisotopic (exact) mass is 436 g/mol. The van der Waals surface area contributed by atoms with Crippen LogP contribution < -0.4 is 19.1 Å². The summed E-state index contributed by atoms with van der Waals surface area (Å²) in [4.78, 5) is 30.7. The number of methoxy groups -OCH3 is 2. The number of carbonyl (C=O) groups is 2. The van der Waals surface area contributed by atoms with Crippen LogP contribution in [-0.4, -0.2) is 50.6 Å². The molecule has 2 aromatic carbocycles. The third-order valence-electron chi connectivity index (χ3n) is 5.81. The largest absolute Gasteiger partial charge is 0.497 e. The standard InChI is InChI=1S/C25H28N2O5/c1-4-32-18-10-8-17(9-11-18)22-23(26-14-6-5-7-15-26)25(29)27(24(22)28)20-13-12-19(30-2)16-21(20)31-3/h8-13,16H,4-7,14-15H2,1-3H3. The molecule has 168 valence electrons. The van der Waals surface area contributed by atoms with E-state index >= 15 is 0 Å². The Balaban J connectivity index is 1.80. The molecule has 4 rings (SSSR count). The maximum absolute atomic E-state index is 13.7. The molecule has 0 unspecified atom stereocenters. The first-order chi connectivity index (χ1) is 15.6. The lowest BCUT2D eigenvalue weighted by molar-refractivity contribution is -0.120. The molecule has 0 spiro atoms. The predicted molar refractivity (Wildman–Crippen MR) is 122 cm³/mol. The van der Waals surface area contributed by atoms with Crippen LogP contribution in [0.2, 0.25) is 0 Å². The van der Waals surface area contributed by atoms with Gasteiger partial charge in [0, 0.05) is 19.2 Å². The van der Waals surface area contributed by atoms with Crippen molar-refractivity contribution in [2.75, 3.05) is 38.8 Å². The number of amides is 2. The van der Waals surface area contributed by atoms with Gasteiger partial charge in [-0.05, 0) is 56.0 Å². The summed E-state index contributed by atoms with van der Waals surface area (Å²) in [5.41, 5.74) is 1.97. The van der Waals surface area contributed by atoms with Gasteiger partial charge in [-0.1, -0.05) is 12.1 Å². The van der Waals surface area contributed by atoms with Crippen LogP contribution in [0, 0.1) is 0 Å². The molecular formula is C25H28N2O5. The summed E-state index contributed by atoms with van der Waals surface area (Å²) in [5, 5.41) is 0. The Morgan fingerprint density at radius 2 is 1.53 bits per heavy atom. The van der Waals surface area contributed by atoms with Crippen LogP contribution in [0.4, 0.5) is 5.69 Å². The van der Waals surface area contributed by atoms with Crippen LogP contribution >= 0.6 is 0 Å². The minimum Gasteiger partial charge on any atom is -0.497 e. The van der Waals surface area contributed by atoms with Gasteiger partial charge in [-0.15, -0.1) is 0 Å². The zero-order valence-corrected chi connectivity index (χ0v) is 18.7. The second-order valence-electron chi connectivity index (χ2n) is 7.71. The van der Waals surface area contributed by atoms with Crippen LogP contribution in [0.25, 0.3) is 5.57 Å². The van der Waals surface area contributed by atoms with Gasteiger partial charge in [-0.2, -0.15) is 0 Å². The third-order valence-corrected chi connectivity index (χ3v) is 5.81. The van der Waals surface area contributed by atoms with Crippen LogP contribution in [0.1, 0.15) is 31.7 Å². The van der Waals surface area contributed by atoms with Crippen molar-refractivity contribution in [1.82, 2.24) is 4.90 Å². The molecule has 2 heterocycles. The molecule has 1 saturated heterocycles. The van der Waals surface area contributed by atoms with E-state index in [0.29, 0.717) is 40.6 Å². The summed E-state index contributed by atoms with van der Waals surface area (Å²) < 4.78 is 16.3. The van der Waals surface area contributed by atoms with Crippen LogP contribution in [-0.2, 0) is 9.59 Å². The highest BCUT2D eigenvalue weighted by molar-refractivity contribution is 6.45. The zero-order valence-electron chi connectivity index (χ0n) is 18.7. The van der Waals surface area contributed by atoms with E-state index in [1.165, 1.54) is 12.0 Å². The number of rotatable bonds is 7. The normalized spacial score (nSPS) is 16.6. The van der Waals surface area contributed by atoms with Gasteiger partial charge in [-0.25, -0.2) is 4.90 Å². The lowest BCUT2D eigenvalue weighted by Gasteiger charge is -2.29. The highest BCUT2D eigenvalue weighted by Crippen LogP contribution is 2.40. The average molecular weight is 437 g/mol. The van der Waals surface area contributed by atoms with Gasteiger partial charge >= 0.3 is 0 Å². The summed E-state index contributed by atoms with van der Waals surface area (Å²) >= 11 is 0. The molecule has 0 aromatic heterocycles. The molecule has 0 N–H and O–H groups in total. The molecule has 32 heavy (non-hydrogen) atoms. The molecule has 2 aliphatic heterocycles. The Morgan fingerprint density at radius 1 is 0.844 bits per heavy atom. The molecule has 0 aliphatic carbocycles. The van der Waals surface area contributed by atoms with Crippen molar-refractivity contribution in [3.63, 3.8) is 0 Å². The van der Waals surface area contributed by atoms with E-state index in [2.05, 4.69) is 0 Å². The molecule has 7 heteroatoms. The van der Waals surface area contributed by atoms with Crippen LogP contribution in [0.3, 0.4) is 0 Å². The molecule has 1 fully saturated rings. The molecule has 0 bridgehead atoms. The lowest BCUT2D eigenvalue weighted by atomic mass is 10.0. The number of imide groups is 1. The molecule has 0 saturated carbocycles. The fourth-order valence-electron chi connectivity index (χ4n) is 4.26. The smallest absolute Gasteiger partial charge is 0.282 e.